The zero-order chi connectivity index (χ0) is 12.8. The molecule has 0 fully saturated rings. The van der Waals surface area contributed by atoms with Gasteiger partial charge in [-0.3, -0.25) is 4.79 Å². The van der Waals surface area contributed by atoms with E-state index in [2.05, 4.69) is 5.32 Å². The Balaban J connectivity index is 2.73. The van der Waals surface area contributed by atoms with Gasteiger partial charge in [-0.2, -0.15) is 0 Å². The lowest BCUT2D eigenvalue weighted by atomic mass is 10.1. The molecule has 1 aromatic rings. The summed E-state index contributed by atoms with van der Waals surface area (Å²) >= 11 is 0. The third kappa shape index (κ3) is 4.03. The maximum Gasteiger partial charge on any atom is 0.257 e. The zero-order valence-electron chi connectivity index (χ0n) is 10.00. The number of carbonyl (C=O) groups is 1. The average molecular weight is 240 g/mol. The molecule has 0 aliphatic heterocycles. The molecular weight excluding hydrogens is 223 g/mol. The molecule has 0 heterocycles. The SMILES string of the molecule is CCNC(=O)COc1ccc(F)cc1[C@H](C)N. The third-order valence-electron chi connectivity index (χ3n) is 2.20. The first-order valence-electron chi connectivity index (χ1n) is 5.49. The molecule has 0 bridgehead atoms. The molecule has 0 saturated carbocycles. The molecule has 0 aliphatic rings. The van der Waals surface area contributed by atoms with Crippen LogP contribution in [0.15, 0.2) is 18.2 Å². The van der Waals surface area contributed by atoms with Crippen LogP contribution in [-0.2, 0) is 4.79 Å². The van der Waals surface area contributed by atoms with Crippen LogP contribution in [0.3, 0.4) is 0 Å². The Morgan fingerprint density at radius 2 is 2.29 bits per heavy atom. The number of hydrogen-bond donors (Lipinski definition) is 2. The largest absolute Gasteiger partial charge is 0.483 e. The van der Waals surface area contributed by atoms with Crippen molar-refractivity contribution in [2.45, 2.75) is 19.9 Å². The van der Waals surface area contributed by atoms with Gasteiger partial charge in [0.05, 0.1) is 0 Å². The van der Waals surface area contributed by atoms with E-state index in [0.717, 1.165) is 0 Å². The lowest BCUT2D eigenvalue weighted by molar-refractivity contribution is -0.123. The summed E-state index contributed by atoms with van der Waals surface area (Å²) in [6, 6.07) is 3.72. The first kappa shape index (κ1) is 13.4. The van der Waals surface area contributed by atoms with E-state index >= 15 is 0 Å². The molecule has 1 rings (SSSR count). The van der Waals surface area contributed by atoms with Crippen LogP contribution in [0.2, 0.25) is 0 Å². The van der Waals surface area contributed by atoms with E-state index in [9.17, 15) is 9.18 Å². The van der Waals surface area contributed by atoms with E-state index in [1.165, 1.54) is 18.2 Å². The van der Waals surface area contributed by atoms with E-state index < -0.39 is 0 Å². The summed E-state index contributed by atoms with van der Waals surface area (Å²) in [7, 11) is 0. The quantitative estimate of drug-likeness (QED) is 0.816. The minimum Gasteiger partial charge on any atom is -0.483 e. The Morgan fingerprint density at radius 3 is 2.88 bits per heavy atom. The molecule has 1 aromatic carbocycles. The fourth-order valence-corrected chi connectivity index (χ4v) is 1.40. The Bertz CT molecular complexity index is 394. The van der Waals surface area contributed by atoms with Crippen molar-refractivity contribution in [3.63, 3.8) is 0 Å². The second-order valence-electron chi connectivity index (χ2n) is 3.71. The highest BCUT2D eigenvalue weighted by Gasteiger charge is 2.10. The van der Waals surface area contributed by atoms with Crippen LogP contribution in [-0.4, -0.2) is 19.1 Å². The number of halogens is 1. The van der Waals surface area contributed by atoms with Gasteiger partial charge in [-0.1, -0.05) is 0 Å². The lowest BCUT2D eigenvalue weighted by Gasteiger charge is -2.13. The highest BCUT2D eigenvalue weighted by atomic mass is 19.1. The van der Waals surface area contributed by atoms with Gasteiger partial charge >= 0.3 is 0 Å². The van der Waals surface area contributed by atoms with Gasteiger partial charge < -0.3 is 15.8 Å². The highest BCUT2D eigenvalue weighted by Crippen LogP contribution is 2.24. The molecule has 0 aromatic heterocycles. The minimum absolute atomic E-state index is 0.0980. The zero-order valence-corrected chi connectivity index (χ0v) is 10.00. The van der Waals surface area contributed by atoms with Crippen molar-refractivity contribution >= 4 is 5.91 Å². The Morgan fingerprint density at radius 1 is 1.59 bits per heavy atom. The summed E-state index contributed by atoms with van der Waals surface area (Å²) in [6.07, 6.45) is 0. The molecule has 1 atom stereocenters. The van der Waals surface area contributed by atoms with Crippen molar-refractivity contribution in [1.29, 1.82) is 0 Å². The van der Waals surface area contributed by atoms with Crippen molar-refractivity contribution < 1.29 is 13.9 Å². The van der Waals surface area contributed by atoms with Crippen molar-refractivity contribution in [3.8, 4) is 5.75 Å². The van der Waals surface area contributed by atoms with Crippen molar-refractivity contribution in [1.82, 2.24) is 5.32 Å². The molecule has 94 valence electrons. The first-order chi connectivity index (χ1) is 8.04. The maximum atomic E-state index is 13.0. The summed E-state index contributed by atoms with van der Waals surface area (Å²) < 4.78 is 18.3. The van der Waals surface area contributed by atoms with Crippen molar-refractivity contribution in [2.75, 3.05) is 13.2 Å². The highest BCUT2D eigenvalue weighted by molar-refractivity contribution is 5.77. The fraction of sp³-hybridized carbons (Fsp3) is 0.417. The molecule has 0 aliphatic carbocycles. The van der Waals surface area contributed by atoms with Gasteiger partial charge in [-0.05, 0) is 32.0 Å². The van der Waals surface area contributed by atoms with Crippen molar-refractivity contribution in [2.24, 2.45) is 5.73 Å². The summed E-state index contributed by atoms with van der Waals surface area (Å²) in [5, 5.41) is 2.61. The van der Waals surface area contributed by atoms with Gasteiger partial charge in [0.2, 0.25) is 0 Å². The fourth-order valence-electron chi connectivity index (χ4n) is 1.40. The van der Waals surface area contributed by atoms with Gasteiger partial charge in [-0.25, -0.2) is 4.39 Å². The van der Waals surface area contributed by atoms with Crippen LogP contribution in [0, 0.1) is 5.82 Å². The normalized spacial score (nSPS) is 12.0. The summed E-state index contributed by atoms with van der Waals surface area (Å²) in [6.45, 7) is 4.00. The smallest absolute Gasteiger partial charge is 0.257 e. The molecule has 1 amide bonds. The standard InChI is InChI=1S/C12H17FN2O2/c1-3-15-12(16)7-17-11-5-4-9(13)6-10(11)8(2)14/h4-6,8H,3,7,14H2,1-2H3,(H,15,16)/t8-/m0/s1. The van der Waals surface area contributed by atoms with Crippen LogP contribution in [0.5, 0.6) is 5.75 Å². The molecule has 17 heavy (non-hydrogen) atoms. The number of rotatable bonds is 5. The molecular formula is C12H17FN2O2. The number of amides is 1. The number of nitrogens with one attached hydrogen (secondary N) is 1. The summed E-state index contributed by atoms with van der Waals surface area (Å²) in [5.41, 5.74) is 6.25. The second kappa shape index (κ2) is 6.20. The van der Waals surface area contributed by atoms with Gasteiger partial charge in [-0.15, -0.1) is 0 Å². The molecule has 5 heteroatoms. The van der Waals surface area contributed by atoms with Gasteiger partial charge in [0.25, 0.3) is 5.91 Å². The number of hydrogen-bond acceptors (Lipinski definition) is 3. The Hall–Kier alpha value is -1.62. The van der Waals surface area contributed by atoms with E-state index in [4.69, 9.17) is 10.5 Å². The summed E-state index contributed by atoms with van der Waals surface area (Å²) in [5.74, 6) is -0.150. The second-order valence-corrected chi connectivity index (χ2v) is 3.71. The summed E-state index contributed by atoms with van der Waals surface area (Å²) in [4.78, 5) is 11.2. The van der Waals surface area contributed by atoms with E-state index in [-0.39, 0.29) is 24.4 Å². The van der Waals surface area contributed by atoms with E-state index in [0.29, 0.717) is 17.9 Å². The monoisotopic (exact) mass is 240 g/mol. The topological polar surface area (TPSA) is 64.3 Å². The molecule has 4 nitrogen and oxygen atoms in total. The van der Waals surface area contributed by atoms with E-state index in [1.807, 2.05) is 6.92 Å². The van der Waals surface area contributed by atoms with Crippen LogP contribution in [0.4, 0.5) is 4.39 Å². The maximum absolute atomic E-state index is 13.0. The van der Waals surface area contributed by atoms with Crippen molar-refractivity contribution in [3.05, 3.63) is 29.6 Å². The molecule has 0 unspecified atom stereocenters. The van der Waals surface area contributed by atoms with Gasteiger partial charge in [0.15, 0.2) is 6.61 Å². The predicted octanol–water partition coefficient (Wildman–Crippen LogP) is 1.36. The van der Waals surface area contributed by atoms with Gasteiger partial charge in [0, 0.05) is 18.2 Å². The number of likely N-dealkylation sites (N-methyl/N-ethyl adjacent to an activating group) is 1. The lowest BCUT2D eigenvalue weighted by Crippen LogP contribution is -2.28. The average Bonchev–Trinajstić information content (AvgIpc) is 2.27. The number of benzene rings is 1. The number of nitrogens with two attached hydrogens (primary N) is 1. The Kier molecular flexibility index (Phi) is 4.90. The Labute approximate surface area is 100.0 Å². The molecule has 3 N–H and O–H groups in total. The third-order valence-corrected chi connectivity index (χ3v) is 2.20. The molecule has 0 spiro atoms. The van der Waals surface area contributed by atoms with Crippen LogP contribution >= 0.6 is 0 Å². The van der Waals surface area contributed by atoms with Crippen LogP contribution in [0.25, 0.3) is 0 Å². The number of ether oxygens (including phenoxy) is 1. The van der Waals surface area contributed by atoms with Crippen LogP contribution < -0.4 is 15.8 Å². The molecule has 0 radical (unpaired) electrons. The minimum atomic E-state index is -0.373. The first-order valence-corrected chi connectivity index (χ1v) is 5.49. The predicted molar refractivity (Wildman–Crippen MR) is 63.2 cm³/mol. The molecule has 0 saturated heterocycles. The van der Waals surface area contributed by atoms with E-state index in [1.54, 1.807) is 6.92 Å². The van der Waals surface area contributed by atoms with Crippen LogP contribution in [0.1, 0.15) is 25.5 Å². The van der Waals surface area contributed by atoms with Gasteiger partial charge in [0.1, 0.15) is 11.6 Å². The number of carbonyl (C=O) groups excluding carboxylic acids is 1.